The Morgan fingerprint density at radius 1 is 1.43 bits per heavy atom. The molecule has 21 heavy (non-hydrogen) atoms. The van der Waals surface area contributed by atoms with Gasteiger partial charge in [0.15, 0.2) is 0 Å². The number of hydrogen-bond donors (Lipinski definition) is 2. The highest BCUT2D eigenvalue weighted by Gasteiger charge is 2.34. The summed E-state index contributed by atoms with van der Waals surface area (Å²) < 4.78 is 0. The molecule has 0 radical (unpaired) electrons. The Hall–Kier alpha value is -2.16. The van der Waals surface area contributed by atoms with Gasteiger partial charge in [-0.15, -0.1) is 0 Å². The molecule has 0 aliphatic heterocycles. The van der Waals surface area contributed by atoms with Crippen molar-refractivity contribution < 1.29 is 9.90 Å². The molecule has 1 aliphatic carbocycles. The summed E-state index contributed by atoms with van der Waals surface area (Å²) in [6.45, 7) is 2.34. The fraction of sp³-hybridized carbons (Fsp3) is 0.600. The third kappa shape index (κ3) is 4.15. The molecule has 0 saturated heterocycles. The number of aryl methyl sites for hydroxylation is 1. The van der Waals surface area contributed by atoms with Crippen molar-refractivity contribution in [2.75, 3.05) is 11.9 Å². The number of carbonyl (C=O) groups is 1. The molecule has 0 aromatic carbocycles. The van der Waals surface area contributed by atoms with Gasteiger partial charge >= 0.3 is 5.97 Å². The van der Waals surface area contributed by atoms with E-state index in [0.29, 0.717) is 18.2 Å². The molecule has 6 heteroatoms. The maximum atomic E-state index is 11.1. The Morgan fingerprint density at radius 3 is 2.76 bits per heavy atom. The highest BCUT2D eigenvalue weighted by molar-refractivity contribution is 5.67. The van der Waals surface area contributed by atoms with E-state index in [1.165, 1.54) is 6.42 Å². The van der Waals surface area contributed by atoms with Crippen LogP contribution in [-0.4, -0.2) is 27.6 Å². The van der Waals surface area contributed by atoms with Gasteiger partial charge in [0.05, 0.1) is 6.42 Å². The minimum absolute atomic E-state index is 0.164. The maximum Gasteiger partial charge on any atom is 0.303 e. The van der Waals surface area contributed by atoms with Crippen LogP contribution >= 0.6 is 0 Å². The van der Waals surface area contributed by atoms with Crippen molar-refractivity contribution >= 4 is 11.9 Å². The molecule has 0 unspecified atom stereocenters. The predicted octanol–water partition coefficient (Wildman–Crippen LogP) is 2.49. The van der Waals surface area contributed by atoms with Crippen LogP contribution in [0.25, 0.3) is 0 Å². The SMILES string of the molecule is Cc1cc(C#N)nc(NCC2(CC(=O)O)CCCCC2)n1. The lowest BCUT2D eigenvalue weighted by Crippen LogP contribution is -2.35. The zero-order chi connectivity index (χ0) is 15.3. The zero-order valence-corrected chi connectivity index (χ0v) is 12.2. The number of nitrogens with one attached hydrogen (secondary N) is 1. The average molecular weight is 288 g/mol. The molecule has 112 valence electrons. The Bertz CT molecular complexity index is 559. The standard InChI is InChI=1S/C15H20N4O2/c1-11-7-12(9-16)19-14(18-11)17-10-15(8-13(20)21)5-3-2-4-6-15/h7H,2-6,8,10H2,1H3,(H,20,21)(H,17,18,19). The van der Waals surface area contributed by atoms with Gasteiger partial charge in [0.1, 0.15) is 11.8 Å². The molecule has 1 saturated carbocycles. The van der Waals surface area contributed by atoms with E-state index < -0.39 is 5.97 Å². The van der Waals surface area contributed by atoms with Gasteiger partial charge in [0.2, 0.25) is 5.95 Å². The highest BCUT2D eigenvalue weighted by Crippen LogP contribution is 2.39. The van der Waals surface area contributed by atoms with Gasteiger partial charge in [-0.05, 0) is 31.2 Å². The van der Waals surface area contributed by atoms with Crippen LogP contribution in [-0.2, 0) is 4.79 Å². The van der Waals surface area contributed by atoms with Gasteiger partial charge in [-0.1, -0.05) is 19.3 Å². The molecule has 0 spiro atoms. The van der Waals surface area contributed by atoms with Crippen LogP contribution in [0.15, 0.2) is 6.07 Å². The summed E-state index contributed by atoms with van der Waals surface area (Å²) in [4.78, 5) is 19.5. The van der Waals surface area contributed by atoms with Crippen LogP contribution in [0.5, 0.6) is 0 Å². The first-order valence-corrected chi connectivity index (χ1v) is 7.24. The molecular weight excluding hydrogens is 268 g/mol. The van der Waals surface area contributed by atoms with Crippen molar-refractivity contribution in [3.8, 4) is 6.07 Å². The molecule has 0 atom stereocenters. The third-order valence-corrected chi connectivity index (χ3v) is 4.03. The van der Waals surface area contributed by atoms with E-state index in [4.69, 9.17) is 10.4 Å². The number of carboxylic acids is 1. The number of anilines is 1. The van der Waals surface area contributed by atoms with Crippen molar-refractivity contribution in [3.05, 3.63) is 17.5 Å². The summed E-state index contributed by atoms with van der Waals surface area (Å²) in [5.74, 6) is -0.358. The van der Waals surface area contributed by atoms with Crippen molar-refractivity contribution in [3.63, 3.8) is 0 Å². The highest BCUT2D eigenvalue weighted by atomic mass is 16.4. The van der Waals surface area contributed by atoms with E-state index >= 15 is 0 Å². The molecule has 1 aliphatic rings. The van der Waals surface area contributed by atoms with E-state index in [2.05, 4.69) is 15.3 Å². The van der Waals surface area contributed by atoms with E-state index in [0.717, 1.165) is 31.4 Å². The Labute approximate surface area is 124 Å². The lowest BCUT2D eigenvalue weighted by atomic mass is 9.72. The Kier molecular flexibility index (Phi) is 4.73. The normalized spacial score (nSPS) is 17.0. The fourth-order valence-electron chi connectivity index (χ4n) is 3.01. The van der Waals surface area contributed by atoms with E-state index in [-0.39, 0.29) is 11.8 Å². The molecule has 1 aromatic rings. The largest absolute Gasteiger partial charge is 0.481 e. The van der Waals surface area contributed by atoms with Crippen LogP contribution in [0.3, 0.4) is 0 Å². The summed E-state index contributed by atoms with van der Waals surface area (Å²) in [5, 5.41) is 21.2. The Balaban J connectivity index is 2.09. The second-order valence-electron chi connectivity index (χ2n) is 5.81. The first-order chi connectivity index (χ1) is 10.0. The van der Waals surface area contributed by atoms with Crippen LogP contribution in [0.4, 0.5) is 5.95 Å². The molecule has 1 fully saturated rings. The van der Waals surface area contributed by atoms with Crippen LogP contribution < -0.4 is 5.32 Å². The molecule has 2 N–H and O–H groups in total. The van der Waals surface area contributed by atoms with Crippen molar-refractivity contribution in [2.45, 2.75) is 45.4 Å². The van der Waals surface area contributed by atoms with E-state index in [9.17, 15) is 4.79 Å². The first-order valence-electron chi connectivity index (χ1n) is 7.24. The van der Waals surface area contributed by atoms with Crippen LogP contribution in [0.2, 0.25) is 0 Å². The number of hydrogen-bond acceptors (Lipinski definition) is 5. The monoisotopic (exact) mass is 288 g/mol. The zero-order valence-electron chi connectivity index (χ0n) is 12.2. The molecule has 1 heterocycles. The number of rotatable bonds is 5. The van der Waals surface area contributed by atoms with E-state index in [1.807, 2.05) is 6.07 Å². The molecule has 1 aromatic heterocycles. The fourth-order valence-corrected chi connectivity index (χ4v) is 3.01. The lowest BCUT2D eigenvalue weighted by molar-refractivity contribution is -0.140. The summed E-state index contributed by atoms with van der Waals surface area (Å²) in [5.41, 5.74) is 0.810. The van der Waals surface area contributed by atoms with Crippen molar-refractivity contribution in [2.24, 2.45) is 5.41 Å². The molecule has 0 amide bonds. The van der Waals surface area contributed by atoms with Gasteiger partial charge < -0.3 is 10.4 Å². The molecular formula is C15H20N4O2. The van der Waals surface area contributed by atoms with Gasteiger partial charge in [-0.2, -0.15) is 5.26 Å². The summed E-state index contributed by atoms with van der Waals surface area (Å²) in [6.07, 6.45) is 5.27. The average Bonchev–Trinajstić information content (AvgIpc) is 2.45. The number of carboxylic acid groups (broad SMARTS) is 1. The van der Waals surface area contributed by atoms with Crippen LogP contribution in [0, 0.1) is 23.7 Å². The summed E-state index contributed by atoms with van der Waals surface area (Å²) in [7, 11) is 0. The molecule has 6 nitrogen and oxygen atoms in total. The smallest absolute Gasteiger partial charge is 0.303 e. The summed E-state index contributed by atoms with van der Waals surface area (Å²) in [6, 6.07) is 3.63. The topological polar surface area (TPSA) is 98.9 Å². The van der Waals surface area contributed by atoms with Gasteiger partial charge in [0.25, 0.3) is 0 Å². The number of aliphatic carboxylic acids is 1. The minimum Gasteiger partial charge on any atom is -0.481 e. The predicted molar refractivity (Wildman–Crippen MR) is 77.7 cm³/mol. The van der Waals surface area contributed by atoms with Gasteiger partial charge in [0, 0.05) is 12.2 Å². The molecule has 2 rings (SSSR count). The first kappa shape index (κ1) is 15.2. The number of aromatic nitrogens is 2. The van der Waals surface area contributed by atoms with Gasteiger partial charge in [-0.25, -0.2) is 9.97 Å². The quantitative estimate of drug-likeness (QED) is 0.863. The second-order valence-corrected chi connectivity index (χ2v) is 5.81. The van der Waals surface area contributed by atoms with Gasteiger partial charge in [-0.3, -0.25) is 4.79 Å². The summed E-state index contributed by atoms with van der Waals surface area (Å²) >= 11 is 0. The van der Waals surface area contributed by atoms with Crippen molar-refractivity contribution in [1.82, 2.24) is 9.97 Å². The molecule has 0 bridgehead atoms. The number of nitrogens with zero attached hydrogens (tertiary/aromatic N) is 3. The third-order valence-electron chi connectivity index (χ3n) is 4.03. The maximum absolute atomic E-state index is 11.1. The van der Waals surface area contributed by atoms with Crippen molar-refractivity contribution in [1.29, 1.82) is 5.26 Å². The van der Waals surface area contributed by atoms with E-state index in [1.54, 1.807) is 13.0 Å². The minimum atomic E-state index is -0.762. The lowest BCUT2D eigenvalue weighted by Gasteiger charge is -2.36. The Morgan fingerprint density at radius 2 is 2.14 bits per heavy atom. The van der Waals surface area contributed by atoms with Crippen LogP contribution in [0.1, 0.15) is 49.9 Å². The number of nitriles is 1. The second kappa shape index (κ2) is 6.53.